The topological polar surface area (TPSA) is 47.6 Å². The van der Waals surface area contributed by atoms with Crippen LogP contribution in [0.1, 0.15) is 19.8 Å². The molecule has 0 aliphatic heterocycles. The highest BCUT2D eigenvalue weighted by Gasteiger charge is 2.10. The Kier molecular flexibility index (Phi) is 7.63. The van der Waals surface area contributed by atoms with Gasteiger partial charge in [-0.15, -0.1) is 0 Å². The molecule has 4 heteroatoms. The van der Waals surface area contributed by atoms with Crippen molar-refractivity contribution in [1.29, 1.82) is 0 Å². The van der Waals surface area contributed by atoms with Crippen molar-refractivity contribution < 1.29 is 14.3 Å². The first-order chi connectivity index (χ1) is 6.22. The van der Waals surface area contributed by atoms with Gasteiger partial charge in [0.25, 0.3) is 0 Å². The molecule has 1 atom stereocenters. The Labute approximate surface area is 79.6 Å². The van der Waals surface area contributed by atoms with Crippen LogP contribution < -0.4 is 5.32 Å². The van der Waals surface area contributed by atoms with Crippen molar-refractivity contribution in [2.75, 3.05) is 27.4 Å². The van der Waals surface area contributed by atoms with E-state index in [-0.39, 0.29) is 12.0 Å². The van der Waals surface area contributed by atoms with E-state index in [0.717, 1.165) is 26.0 Å². The number of carbonyl (C=O) groups is 1. The Balaban J connectivity index is 3.26. The first-order valence-electron chi connectivity index (χ1n) is 4.52. The van der Waals surface area contributed by atoms with Crippen molar-refractivity contribution in [3.8, 4) is 0 Å². The van der Waals surface area contributed by atoms with Gasteiger partial charge in [0.2, 0.25) is 0 Å². The minimum absolute atomic E-state index is 0.215. The molecule has 0 aromatic rings. The van der Waals surface area contributed by atoms with Crippen molar-refractivity contribution in [2.24, 2.45) is 0 Å². The van der Waals surface area contributed by atoms with Crippen LogP contribution in [0.3, 0.4) is 0 Å². The number of nitrogens with one attached hydrogen (secondary N) is 1. The van der Waals surface area contributed by atoms with Gasteiger partial charge in [-0.2, -0.15) is 0 Å². The summed E-state index contributed by atoms with van der Waals surface area (Å²) < 4.78 is 9.46. The third-order valence-corrected chi connectivity index (χ3v) is 1.78. The second-order valence-electron chi connectivity index (χ2n) is 2.90. The van der Waals surface area contributed by atoms with E-state index in [4.69, 9.17) is 4.74 Å². The minimum atomic E-state index is -0.216. The summed E-state index contributed by atoms with van der Waals surface area (Å²) in [5, 5.41) is 3.06. The van der Waals surface area contributed by atoms with E-state index in [1.807, 2.05) is 0 Å². The summed E-state index contributed by atoms with van der Waals surface area (Å²) in [6, 6.07) is -0.215. The van der Waals surface area contributed by atoms with Crippen LogP contribution in [0.5, 0.6) is 0 Å². The quantitative estimate of drug-likeness (QED) is 0.469. The van der Waals surface area contributed by atoms with Crippen LogP contribution in [0.15, 0.2) is 0 Å². The fraction of sp³-hybridized carbons (Fsp3) is 0.889. The number of esters is 1. The molecule has 1 unspecified atom stereocenters. The largest absolute Gasteiger partial charge is 0.468 e. The molecule has 0 aliphatic carbocycles. The van der Waals surface area contributed by atoms with Gasteiger partial charge in [0.15, 0.2) is 0 Å². The molecule has 0 aromatic carbocycles. The fourth-order valence-electron chi connectivity index (χ4n) is 0.950. The lowest BCUT2D eigenvalue weighted by atomic mass is 10.3. The standard InChI is InChI=1S/C9H19NO3/c1-8(9(11)13-3)10-6-4-5-7-12-2/h8,10H,4-7H2,1-3H3. The van der Waals surface area contributed by atoms with Gasteiger partial charge in [-0.3, -0.25) is 4.79 Å². The van der Waals surface area contributed by atoms with E-state index < -0.39 is 0 Å². The van der Waals surface area contributed by atoms with Gasteiger partial charge in [-0.05, 0) is 26.3 Å². The van der Waals surface area contributed by atoms with Crippen molar-refractivity contribution in [1.82, 2.24) is 5.32 Å². The smallest absolute Gasteiger partial charge is 0.322 e. The van der Waals surface area contributed by atoms with E-state index in [9.17, 15) is 4.79 Å². The Morgan fingerprint density at radius 2 is 2.08 bits per heavy atom. The summed E-state index contributed by atoms with van der Waals surface area (Å²) in [5.74, 6) is -0.216. The molecule has 13 heavy (non-hydrogen) atoms. The van der Waals surface area contributed by atoms with Gasteiger partial charge in [0, 0.05) is 13.7 Å². The van der Waals surface area contributed by atoms with Crippen LogP contribution in [-0.4, -0.2) is 39.4 Å². The van der Waals surface area contributed by atoms with Gasteiger partial charge in [-0.1, -0.05) is 0 Å². The molecule has 0 amide bonds. The van der Waals surface area contributed by atoms with Gasteiger partial charge < -0.3 is 14.8 Å². The maximum atomic E-state index is 10.9. The monoisotopic (exact) mass is 189 g/mol. The highest BCUT2D eigenvalue weighted by molar-refractivity contribution is 5.74. The normalized spacial score (nSPS) is 12.5. The van der Waals surface area contributed by atoms with Gasteiger partial charge in [0.1, 0.15) is 6.04 Å². The molecule has 0 heterocycles. The maximum Gasteiger partial charge on any atom is 0.322 e. The number of hydrogen-bond acceptors (Lipinski definition) is 4. The lowest BCUT2D eigenvalue weighted by Gasteiger charge is -2.10. The number of rotatable bonds is 7. The van der Waals surface area contributed by atoms with Gasteiger partial charge >= 0.3 is 5.97 Å². The van der Waals surface area contributed by atoms with E-state index in [0.29, 0.717) is 0 Å². The molecular formula is C9H19NO3. The van der Waals surface area contributed by atoms with Gasteiger partial charge in [-0.25, -0.2) is 0 Å². The first kappa shape index (κ1) is 12.4. The summed E-state index contributed by atoms with van der Waals surface area (Å²) in [4.78, 5) is 10.9. The number of hydrogen-bond donors (Lipinski definition) is 1. The second kappa shape index (κ2) is 8.01. The lowest BCUT2D eigenvalue weighted by molar-refractivity contribution is -0.142. The van der Waals surface area contributed by atoms with Crippen molar-refractivity contribution >= 4 is 5.97 Å². The lowest BCUT2D eigenvalue weighted by Crippen LogP contribution is -2.35. The molecule has 4 nitrogen and oxygen atoms in total. The summed E-state index contributed by atoms with van der Waals surface area (Å²) in [7, 11) is 3.08. The molecular weight excluding hydrogens is 170 g/mol. The Morgan fingerprint density at radius 1 is 1.38 bits per heavy atom. The maximum absolute atomic E-state index is 10.9. The third-order valence-electron chi connectivity index (χ3n) is 1.78. The Hall–Kier alpha value is -0.610. The van der Waals surface area contributed by atoms with Crippen LogP contribution in [0, 0.1) is 0 Å². The molecule has 1 N–H and O–H groups in total. The Bertz CT molecular complexity index is 139. The summed E-state index contributed by atoms with van der Waals surface area (Å²) >= 11 is 0. The minimum Gasteiger partial charge on any atom is -0.468 e. The molecule has 0 spiro atoms. The predicted octanol–water partition coefficient (Wildman–Crippen LogP) is 0.564. The van der Waals surface area contributed by atoms with Crippen LogP contribution in [0.25, 0.3) is 0 Å². The summed E-state index contributed by atoms with van der Waals surface area (Å²) in [6.07, 6.45) is 2.02. The zero-order chi connectivity index (χ0) is 10.1. The van der Waals surface area contributed by atoms with Crippen LogP contribution in [0.4, 0.5) is 0 Å². The third kappa shape index (κ3) is 6.54. The number of ether oxygens (including phenoxy) is 2. The fourth-order valence-corrected chi connectivity index (χ4v) is 0.950. The highest BCUT2D eigenvalue weighted by Crippen LogP contribution is 1.90. The predicted molar refractivity (Wildman–Crippen MR) is 50.6 cm³/mol. The second-order valence-corrected chi connectivity index (χ2v) is 2.90. The molecule has 0 saturated carbocycles. The van der Waals surface area contributed by atoms with Crippen LogP contribution in [0.2, 0.25) is 0 Å². The molecule has 0 bridgehead atoms. The Morgan fingerprint density at radius 3 is 2.62 bits per heavy atom. The zero-order valence-corrected chi connectivity index (χ0v) is 8.63. The molecule has 78 valence electrons. The highest BCUT2D eigenvalue weighted by atomic mass is 16.5. The first-order valence-corrected chi connectivity index (χ1v) is 4.52. The summed E-state index contributed by atoms with van der Waals surface area (Å²) in [5.41, 5.74) is 0. The molecule has 0 aromatic heterocycles. The number of carbonyl (C=O) groups excluding carboxylic acids is 1. The molecule has 0 rings (SSSR count). The van der Waals surface area contributed by atoms with E-state index in [2.05, 4.69) is 10.1 Å². The molecule has 0 saturated heterocycles. The van der Waals surface area contributed by atoms with E-state index >= 15 is 0 Å². The summed E-state index contributed by atoms with van der Waals surface area (Å²) in [6.45, 7) is 3.38. The van der Waals surface area contributed by atoms with E-state index in [1.54, 1.807) is 14.0 Å². The van der Waals surface area contributed by atoms with Gasteiger partial charge in [0.05, 0.1) is 7.11 Å². The van der Waals surface area contributed by atoms with Crippen molar-refractivity contribution in [3.63, 3.8) is 0 Å². The zero-order valence-electron chi connectivity index (χ0n) is 8.63. The van der Waals surface area contributed by atoms with Crippen LogP contribution >= 0.6 is 0 Å². The average Bonchev–Trinajstić information content (AvgIpc) is 2.16. The van der Waals surface area contributed by atoms with E-state index in [1.165, 1.54) is 7.11 Å². The van der Waals surface area contributed by atoms with Crippen molar-refractivity contribution in [2.45, 2.75) is 25.8 Å². The SMILES string of the molecule is COCCCCNC(C)C(=O)OC. The number of unbranched alkanes of at least 4 members (excludes halogenated alkanes) is 1. The number of methoxy groups -OCH3 is 2. The molecule has 0 radical (unpaired) electrons. The van der Waals surface area contributed by atoms with Crippen molar-refractivity contribution in [3.05, 3.63) is 0 Å². The molecule has 0 fully saturated rings. The van der Waals surface area contributed by atoms with Crippen LogP contribution in [-0.2, 0) is 14.3 Å². The average molecular weight is 189 g/mol. The molecule has 0 aliphatic rings.